The van der Waals surface area contributed by atoms with Crippen LogP contribution < -0.4 is 9.47 Å². The summed E-state index contributed by atoms with van der Waals surface area (Å²) in [6, 6.07) is 24.9. The second-order valence-corrected chi connectivity index (χ2v) is 6.74. The quantitative estimate of drug-likeness (QED) is 0.288. The summed E-state index contributed by atoms with van der Waals surface area (Å²) >= 11 is 6.79. The van der Waals surface area contributed by atoms with Crippen LogP contribution in [-0.4, -0.2) is 11.0 Å². The lowest BCUT2D eigenvalue weighted by molar-refractivity contribution is 0.394. The van der Waals surface area contributed by atoms with Crippen LogP contribution >= 0.6 is 31.9 Å². The maximum Gasteiger partial charge on any atom is 0.143 e. The first-order valence-corrected chi connectivity index (χ1v) is 10.5. The molecule has 0 aliphatic carbocycles. The summed E-state index contributed by atoms with van der Waals surface area (Å²) in [5.74, 6) is 1.66. The van der Waals surface area contributed by atoms with E-state index in [0.717, 1.165) is 33.4 Å². The highest BCUT2D eigenvalue weighted by molar-refractivity contribution is 9.09. The molecule has 4 aromatic rings. The van der Waals surface area contributed by atoms with Crippen molar-refractivity contribution < 1.29 is 9.47 Å². The van der Waals surface area contributed by atoms with E-state index in [-0.39, 0.29) is 0 Å². The summed E-state index contributed by atoms with van der Waals surface area (Å²) in [7, 11) is 0. The van der Waals surface area contributed by atoms with Crippen molar-refractivity contribution in [1.29, 1.82) is 0 Å². The highest BCUT2D eigenvalue weighted by Crippen LogP contribution is 2.45. The molecule has 0 amide bonds. The number of ether oxygens (including phenoxy) is 2. The minimum atomic E-state index is 0.428. The van der Waals surface area contributed by atoms with Crippen LogP contribution in [0.3, 0.4) is 0 Å². The minimum absolute atomic E-state index is 0.428. The van der Waals surface area contributed by atoms with Crippen molar-refractivity contribution >= 4 is 53.4 Å². The molecule has 0 aliphatic heterocycles. The van der Waals surface area contributed by atoms with Crippen molar-refractivity contribution in [3.8, 4) is 22.6 Å². The van der Waals surface area contributed by atoms with Crippen molar-refractivity contribution in [2.75, 3.05) is 11.0 Å². The zero-order chi connectivity index (χ0) is 17.9. The molecule has 26 heavy (non-hydrogen) atoms. The predicted molar refractivity (Wildman–Crippen MR) is 116 cm³/mol. The average Bonchev–Trinajstić information content (AvgIpc) is 2.69. The van der Waals surface area contributed by atoms with Crippen LogP contribution in [0.5, 0.6) is 11.5 Å². The monoisotopic (exact) mass is 470 g/mol. The molecule has 2 nitrogen and oxygen atoms in total. The van der Waals surface area contributed by atoms with Gasteiger partial charge in [0.1, 0.15) is 22.5 Å². The van der Waals surface area contributed by atoms with Crippen molar-refractivity contribution in [2.45, 2.75) is 0 Å². The fraction of sp³-hybridized carbons (Fsp3) is 0.0909. The minimum Gasteiger partial charge on any atom is -0.482 e. The third-order valence-corrected chi connectivity index (χ3v) is 4.91. The summed E-state index contributed by atoms with van der Waals surface area (Å²) in [4.78, 5) is 0. The van der Waals surface area contributed by atoms with Crippen LogP contribution in [-0.2, 0) is 0 Å². The SMILES string of the molecule is BrCOc1ccc2ccccc2c1-c1c(OCBr)ccc2ccccc12. The Kier molecular flexibility index (Phi) is 5.14. The third-order valence-electron chi connectivity index (χ3n) is 4.45. The Hall–Kier alpha value is -2.04. The molecule has 0 aliphatic rings. The summed E-state index contributed by atoms with van der Waals surface area (Å²) < 4.78 is 11.9. The van der Waals surface area contributed by atoms with Crippen LogP contribution in [0.1, 0.15) is 0 Å². The maximum absolute atomic E-state index is 5.93. The Morgan fingerprint density at radius 3 is 1.38 bits per heavy atom. The number of alkyl halides is 2. The molecule has 0 radical (unpaired) electrons. The van der Waals surface area contributed by atoms with E-state index in [0.29, 0.717) is 11.0 Å². The Morgan fingerprint density at radius 2 is 0.962 bits per heavy atom. The first-order valence-electron chi connectivity index (χ1n) is 8.25. The van der Waals surface area contributed by atoms with E-state index in [9.17, 15) is 0 Å². The van der Waals surface area contributed by atoms with Crippen molar-refractivity contribution in [3.05, 3.63) is 72.8 Å². The lowest BCUT2D eigenvalue weighted by Crippen LogP contribution is -1.97. The summed E-state index contributed by atoms with van der Waals surface area (Å²) in [6.45, 7) is 0. The molecule has 4 rings (SSSR count). The molecular weight excluding hydrogens is 456 g/mol. The fourth-order valence-electron chi connectivity index (χ4n) is 3.38. The van der Waals surface area contributed by atoms with Gasteiger partial charge in [-0.05, 0) is 65.5 Å². The summed E-state index contributed by atoms with van der Waals surface area (Å²) in [5, 5.41) is 4.62. The van der Waals surface area contributed by atoms with Gasteiger partial charge in [0.15, 0.2) is 0 Å². The molecule has 0 saturated carbocycles. The van der Waals surface area contributed by atoms with E-state index >= 15 is 0 Å². The van der Waals surface area contributed by atoms with E-state index in [2.05, 4.69) is 92.5 Å². The van der Waals surface area contributed by atoms with E-state index in [1.54, 1.807) is 0 Å². The van der Waals surface area contributed by atoms with Gasteiger partial charge >= 0.3 is 0 Å². The highest BCUT2D eigenvalue weighted by Gasteiger charge is 2.18. The van der Waals surface area contributed by atoms with Crippen LogP contribution in [0, 0.1) is 0 Å². The number of hydrogen-bond donors (Lipinski definition) is 0. The lowest BCUT2D eigenvalue weighted by Gasteiger charge is -2.18. The zero-order valence-corrected chi connectivity index (χ0v) is 17.1. The third kappa shape index (κ3) is 3.08. The number of rotatable bonds is 5. The van der Waals surface area contributed by atoms with Crippen molar-refractivity contribution in [2.24, 2.45) is 0 Å². The van der Waals surface area contributed by atoms with Gasteiger partial charge in [0.2, 0.25) is 0 Å². The van der Waals surface area contributed by atoms with E-state index in [1.807, 2.05) is 12.1 Å². The smallest absolute Gasteiger partial charge is 0.143 e. The van der Waals surface area contributed by atoms with Gasteiger partial charge in [-0.3, -0.25) is 0 Å². The molecule has 130 valence electrons. The molecule has 0 unspecified atom stereocenters. The molecule has 0 heterocycles. The van der Waals surface area contributed by atoms with E-state index < -0.39 is 0 Å². The molecule has 0 fully saturated rings. The predicted octanol–water partition coefficient (Wildman–Crippen LogP) is 7.12. The van der Waals surface area contributed by atoms with Gasteiger partial charge in [-0.2, -0.15) is 0 Å². The van der Waals surface area contributed by atoms with Gasteiger partial charge < -0.3 is 9.47 Å². The molecule has 0 N–H and O–H groups in total. The molecule has 0 saturated heterocycles. The molecule has 0 spiro atoms. The molecule has 0 atom stereocenters. The van der Waals surface area contributed by atoms with Gasteiger partial charge in [-0.25, -0.2) is 0 Å². The lowest BCUT2D eigenvalue weighted by atomic mass is 9.92. The summed E-state index contributed by atoms with van der Waals surface area (Å²) in [5.41, 5.74) is 2.96. The Labute approximate surface area is 169 Å². The van der Waals surface area contributed by atoms with Gasteiger partial charge in [0.05, 0.1) is 0 Å². The number of benzene rings is 4. The normalized spacial score (nSPS) is 11.0. The second-order valence-electron chi connectivity index (χ2n) is 5.83. The van der Waals surface area contributed by atoms with E-state index in [4.69, 9.17) is 9.47 Å². The van der Waals surface area contributed by atoms with Crippen LogP contribution in [0.15, 0.2) is 72.8 Å². The van der Waals surface area contributed by atoms with Gasteiger partial charge in [-0.1, -0.05) is 60.7 Å². The first kappa shape index (κ1) is 17.4. The maximum atomic E-state index is 5.93. The zero-order valence-electron chi connectivity index (χ0n) is 13.9. The summed E-state index contributed by atoms with van der Waals surface area (Å²) in [6.07, 6.45) is 0. The molecule has 4 heteroatoms. The molecule has 0 aromatic heterocycles. The Morgan fingerprint density at radius 1 is 0.538 bits per heavy atom. The van der Waals surface area contributed by atoms with Crippen LogP contribution in [0.2, 0.25) is 0 Å². The largest absolute Gasteiger partial charge is 0.482 e. The Balaban J connectivity index is 2.15. The molecular formula is C22H16Br2O2. The van der Waals surface area contributed by atoms with Crippen LogP contribution in [0.4, 0.5) is 0 Å². The van der Waals surface area contributed by atoms with Crippen LogP contribution in [0.25, 0.3) is 32.7 Å². The number of fused-ring (bicyclic) bond motifs is 2. The first-order chi connectivity index (χ1) is 12.8. The topological polar surface area (TPSA) is 18.5 Å². The van der Waals surface area contributed by atoms with E-state index in [1.165, 1.54) is 10.8 Å². The Bertz CT molecular complexity index is 989. The van der Waals surface area contributed by atoms with Gasteiger partial charge in [0.25, 0.3) is 0 Å². The molecule has 4 aromatic carbocycles. The number of hydrogen-bond acceptors (Lipinski definition) is 2. The van der Waals surface area contributed by atoms with Gasteiger partial charge in [0, 0.05) is 11.1 Å². The van der Waals surface area contributed by atoms with Crippen molar-refractivity contribution in [1.82, 2.24) is 0 Å². The second kappa shape index (κ2) is 7.68. The molecule has 0 bridgehead atoms. The highest BCUT2D eigenvalue weighted by atomic mass is 79.9. The average molecular weight is 472 g/mol. The fourth-order valence-corrected chi connectivity index (χ4v) is 3.87. The van der Waals surface area contributed by atoms with Crippen molar-refractivity contribution in [3.63, 3.8) is 0 Å². The van der Waals surface area contributed by atoms with Gasteiger partial charge in [-0.15, -0.1) is 0 Å². The number of halogens is 2. The standard InChI is InChI=1S/C22H16Br2O2/c23-13-25-19-11-9-15-5-1-3-7-17(15)21(19)22-18-8-4-2-6-16(18)10-12-20(22)26-14-24/h1-12H,13-14H2.